The van der Waals surface area contributed by atoms with E-state index in [2.05, 4.69) is 5.32 Å². The number of rotatable bonds is 3. The van der Waals surface area contributed by atoms with Gasteiger partial charge in [-0.25, -0.2) is 0 Å². The van der Waals surface area contributed by atoms with Gasteiger partial charge in [0.05, 0.1) is 6.10 Å². The van der Waals surface area contributed by atoms with Gasteiger partial charge in [0.2, 0.25) is 0 Å². The number of amides is 1. The average molecular weight is 239 g/mol. The first-order chi connectivity index (χ1) is 7.75. The molecule has 0 unspecified atom stereocenters. The van der Waals surface area contributed by atoms with Crippen LogP contribution in [0, 0.1) is 5.92 Å². The Hall–Kier alpha value is -0.870. The lowest BCUT2D eigenvalue weighted by Gasteiger charge is -2.25. The first kappa shape index (κ1) is 11.6. The Balaban J connectivity index is 1.73. The van der Waals surface area contributed by atoms with Gasteiger partial charge >= 0.3 is 0 Å². The minimum absolute atomic E-state index is 0.0207. The molecule has 1 aliphatic rings. The minimum atomic E-state index is -0.121. The van der Waals surface area contributed by atoms with E-state index in [1.54, 1.807) is 0 Å². The van der Waals surface area contributed by atoms with E-state index in [-0.39, 0.29) is 12.0 Å². The SMILES string of the molecule is O=C(NCC1CCC(O)CC1)c1ccsc1. The minimum Gasteiger partial charge on any atom is -0.393 e. The third-order valence-corrected chi connectivity index (χ3v) is 3.83. The van der Waals surface area contributed by atoms with Crippen molar-refractivity contribution in [3.8, 4) is 0 Å². The van der Waals surface area contributed by atoms with E-state index in [0.717, 1.165) is 37.8 Å². The predicted molar refractivity (Wildman–Crippen MR) is 64.6 cm³/mol. The van der Waals surface area contributed by atoms with Crippen LogP contribution in [0.15, 0.2) is 16.8 Å². The molecular formula is C12H17NO2S. The molecule has 0 aromatic carbocycles. The van der Waals surface area contributed by atoms with Crippen molar-refractivity contribution in [2.45, 2.75) is 31.8 Å². The van der Waals surface area contributed by atoms with Crippen LogP contribution in [0.4, 0.5) is 0 Å². The standard InChI is InChI=1S/C12H17NO2S/c14-11-3-1-9(2-4-11)7-13-12(15)10-5-6-16-8-10/h5-6,8-9,11,14H,1-4,7H2,(H,13,15). The summed E-state index contributed by atoms with van der Waals surface area (Å²) >= 11 is 1.54. The van der Waals surface area contributed by atoms with Gasteiger partial charge in [-0.05, 0) is 43.0 Å². The molecule has 1 fully saturated rings. The van der Waals surface area contributed by atoms with Crippen molar-refractivity contribution in [1.82, 2.24) is 5.32 Å². The average Bonchev–Trinajstić information content (AvgIpc) is 2.81. The molecule has 4 heteroatoms. The number of carbonyl (C=O) groups is 1. The molecule has 2 rings (SSSR count). The van der Waals surface area contributed by atoms with Crippen molar-refractivity contribution >= 4 is 17.2 Å². The number of carbonyl (C=O) groups excluding carboxylic acids is 1. The quantitative estimate of drug-likeness (QED) is 0.848. The molecular weight excluding hydrogens is 222 g/mol. The summed E-state index contributed by atoms with van der Waals surface area (Å²) in [6, 6.07) is 1.84. The van der Waals surface area contributed by atoms with E-state index in [4.69, 9.17) is 0 Å². The number of nitrogens with one attached hydrogen (secondary N) is 1. The van der Waals surface area contributed by atoms with Crippen LogP contribution in [0.25, 0.3) is 0 Å². The normalized spacial score (nSPS) is 25.3. The summed E-state index contributed by atoms with van der Waals surface area (Å²) in [6.45, 7) is 0.738. The highest BCUT2D eigenvalue weighted by Gasteiger charge is 2.19. The topological polar surface area (TPSA) is 49.3 Å². The molecule has 1 aromatic heterocycles. The summed E-state index contributed by atoms with van der Waals surface area (Å²) in [4.78, 5) is 11.7. The highest BCUT2D eigenvalue weighted by molar-refractivity contribution is 7.08. The van der Waals surface area contributed by atoms with Crippen molar-refractivity contribution in [3.05, 3.63) is 22.4 Å². The Labute approximate surface area is 99.5 Å². The van der Waals surface area contributed by atoms with Gasteiger partial charge in [0.25, 0.3) is 5.91 Å². The monoisotopic (exact) mass is 239 g/mol. The van der Waals surface area contributed by atoms with E-state index in [0.29, 0.717) is 5.92 Å². The molecule has 1 aromatic rings. The van der Waals surface area contributed by atoms with Gasteiger partial charge in [-0.1, -0.05) is 0 Å². The fourth-order valence-electron chi connectivity index (χ4n) is 2.08. The number of hydrogen-bond donors (Lipinski definition) is 2. The van der Waals surface area contributed by atoms with Crippen molar-refractivity contribution in [1.29, 1.82) is 0 Å². The molecule has 2 N–H and O–H groups in total. The molecule has 1 heterocycles. The highest BCUT2D eigenvalue weighted by Crippen LogP contribution is 2.23. The van der Waals surface area contributed by atoms with Crippen molar-refractivity contribution in [3.63, 3.8) is 0 Å². The molecule has 3 nitrogen and oxygen atoms in total. The molecule has 0 atom stereocenters. The lowest BCUT2D eigenvalue weighted by atomic mass is 9.87. The molecule has 0 bridgehead atoms. The van der Waals surface area contributed by atoms with Gasteiger partial charge in [0.15, 0.2) is 0 Å². The Morgan fingerprint density at radius 1 is 1.44 bits per heavy atom. The van der Waals surface area contributed by atoms with Gasteiger partial charge in [-0.3, -0.25) is 4.79 Å². The van der Waals surface area contributed by atoms with Crippen LogP contribution in [0.5, 0.6) is 0 Å². The van der Waals surface area contributed by atoms with Crippen LogP contribution in [0.3, 0.4) is 0 Å². The van der Waals surface area contributed by atoms with E-state index < -0.39 is 0 Å². The van der Waals surface area contributed by atoms with E-state index in [1.807, 2.05) is 16.8 Å². The highest BCUT2D eigenvalue weighted by atomic mass is 32.1. The van der Waals surface area contributed by atoms with Crippen LogP contribution >= 0.6 is 11.3 Å². The van der Waals surface area contributed by atoms with Crippen LogP contribution < -0.4 is 5.32 Å². The number of thiophene rings is 1. The van der Waals surface area contributed by atoms with E-state index in [9.17, 15) is 9.90 Å². The molecule has 16 heavy (non-hydrogen) atoms. The molecule has 1 aliphatic carbocycles. The summed E-state index contributed by atoms with van der Waals surface area (Å²) in [5.41, 5.74) is 0.751. The zero-order valence-corrected chi connectivity index (χ0v) is 10.0. The Morgan fingerprint density at radius 2 is 2.19 bits per heavy atom. The molecule has 0 radical (unpaired) electrons. The first-order valence-electron chi connectivity index (χ1n) is 5.74. The Kier molecular flexibility index (Phi) is 3.96. The number of hydrogen-bond acceptors (Lipinski definition) is 3. The van der Waals surface area contributed by atoms with E-state index >= 15 is 0 Å². The Bertz CT molecular complexity index is 329. The molecule has 0 aliphatic heterocycles. The van der Waals surface area contributed by atoms with Crippen LogP contribution in [-0.4, -0.2) is 23.7 Å². The lowest BCUT2D eigenvalue weighted by Crippen LogP contribution is -2.31. The summed E-state index contributed by atoms with van der Waals surface area (Å²) < 4.78 is 0. The van der Waals surface area contributed by atoms with Crippen LogP contribution in [0.2, 0.25) is 0 Å². The molecule has 0 saturated heterocycles. The zero-order valence-electron chi connectivity index (χ0n) is 9.19. The van der Waals surface area contributed by atoms with Gasteiger partial charge in [-0.2, -0.15) is 11.3 Å². The largest absolute Gasteiger partial charge is 0.393 e. The second-order valence-corrected chi connectivity index (χ2v) is 5.18. The zero-order chi connectivity index (χ0) is 11.4. The summed E-state index contributed by atoms with van der Waals surface area (Å²) in [5.74, 6) is 0.554. The predicted octanol–water partition coefficient (Wildman–Crippen LogP) is 2.03. The summed E-state index contributed by atoms with van der Waals surface area (Å²) in [6.07, 6.45) is 3.66. The van der Waals surface area contributed by atoms with E-state index in [1.165, 1.54) is 11.3 Å². The maximum atomic E-state index is 11.7. The van der Waals surface area contributed by atoms with Crippen molar-refractivity contribution < 1.29 is 9.90 Å². The fourth-order valence-corrected chi connectivity index (χ4v) is 2.72. The maximum absolute atomic E-state index is 11.7. The molecule has 1 saturated carbocycles. The molecule has 88 valence electrons. The van der Waals surface area contributed by atoms with Gasteiger partial charge in [-0.15, -0.1) is 0 Å². The third kappa shape index (κ3) is 3.06. The smallest absolute Gasteiger partial charge is 0.252 e. The third-order valence-electron chi connectivity index (χ3n) is 3.15. The van der Waals surface area contributed by atoms with Crippen molar-refractivity contribution in [2.24, 2.45) is 5.92 Å². The Morgan fingerprint density at radius 3 is 2.81 bits per heavy atom. The second-order valence-electron chi connectivity index (χ2n) is 4.40. The summed E-state index contributed by atoms with van der Waals surface area (Å²) in [7, 11) is 0. The molecule has 1 amide bonds. The number of aliphatic hydroxyl groups is 1. The lowest BCUT2D eigenvalue weighted by molar-refractivity contribution is 0.0910. The van der Waals surface area contributed by atoms with Gasteiger partial charge in [0.1, 0.15) is 0 Å². The van der Waals surface area contributed by atoms with Crippen LogP contribution in [-0.2, 0) is 0 Å². The van der Waals surface area contributed by atoms with Crippen LogP contribution in [0.1, 0.15) is 36.0 Å². The first-order valence-corrected chi connectivity index (χ1v) is 6.68. The maximum Gasteiger partial charge on any atom is 0.252 e. The molecule has 0 spiro atoms. The van der Waals surface area contributed by atoms with Gasteiger partial charge < -0.3 is 10.4 Å². The number of aliphatic hydroxyl groups excluding tert-OH is 1. The second kappa shape index (κ2) is 5.46. The van der Waals surface area contributed by atoms with Gasteiger partial charge in [0, 0.05) is 17.5 Å². The van der Waals surface area contributed by atoms with Crippen molar-refractivity contribution in [2.75, 3.05) is 6.54 Å². The fraction of sp³-hybridized carbons (Fsp3) is 0.583. The summed E-state index contributed by atoms with van der Waals surface area (Å²) in [5, 5.41) is 16.1.